The minimum atomic E-state index is 0.369. The Morgan fingerprint density at radius 3 is 2.18 bits per heavy atom. The molecule has 0 unspecified atom stereocenters. The highest BCUT2D eigenvalue weighted by molar-refractivity contribution is 8.40. The van der Waals surface area contributed by atoms with Gasteiger partial charge < -0.3 is 4.42 Å². The van der Waals surface area contributed by atoms with E-state index in [0.29, 0.717) is 5.76 Å². The van der Waals surface area contributed by atoms with Gasteiger partial charge in [0.2, 0.25) is 0 Å². The van der Waals surface area contributed by atoms with Gasteiger partial charge in [0.1, 0.15) is 5.76 Å². The van der Waals surface area contributed by atoms with Gasteiger partial charge in [0.15, 0.2) is 12.0 Å². The van der Waals surface area contributed by atoms with Crippen LogP contribution in [0.25, 0.3) is 6.08 Å². The molecule has 1 aromatic heterocycles. The molecule has 0 saturated heterocycles. The van der Waals surface area contributed by atoms with Crippen molar-refractivity contribution < 1.29 is 9.21 Å². The fourth-order valence-electron chi connectivity index (χ4n) is 1.22. The van der Waals surface area contributed by atoms with Crippen LogP contribution >= 0.6 is 47.0 Å². The Morgan fingerprint density at radius 1 is 1.12 bits per heavy atom. The summed E-state index contributed by atoms with van der Waals surface area (Å²) in [6.45, 7) is 0. The predicted molar refractivity (Wildman–Crippen MR) is 81.3 cm³/mol. The van der Waals surface area contributed by atoms with Gasteiger partial charge in [-0.3, -0.25) is 4.79 Å². The first-order valence-corrected chi connectivity index (χ1v) is 8.79. The molecule has 0 N–H and O–H groups in total. The summed E-state index contributed by atoms with van der Waals surface area (Å²) >= 11 is 7.03. The van der Waals surface area contributed by atoms with Gasteiger partial charge in [-0.25, -0.2) is 0 Å². The lowest BCUT2D eigenvalue weighted by molar-refractivity contribution is 0.110. The number of carbonyl (C=O) groups is 1. The second kappa shape index (κ2) is 6.13. The Balaban J connectivity index is 2.13. The Hall–Kier alpha value is -0.170. The molecule has 1 aliphatic heterocycles. The standard InChI is InChI=1S/C11H10O2S4/c1-14-10-11(15-2)17-9(16-10)5-7-3-4-8(6-12)13-7/h3-6H,1-2H3. The van der Waals surface area contributed by atoms with Crippen molar-refractivity contribution >= 4 is 59.4 Å². The van der Waals surface area contributed by atoms with Crippen molar-refractivity contribution in [2.45, 2.75) is 0 Å². The summed E-state index contributed by atoms with van der Waals surface area (Å²) < 4.78 is 9.17. The van der Waals surface area contributed by atoms with Crippen LogP contribution in [0, 0.1) is 0 Å². The molecule has 0 saturated carbocycles. The maximum atomic E-state index is 10.5. The summed E-state index contributed by atoms with van der Waals surface area (Å²) in [6.07, 6.45) is 6.86. The quantitative estimate of drug-likeness (QED) is 0.748. The third-order valence-electron chi connectivity index (χ3n) is 1.95. The smallest absolute Gasteiger partial charge is 0.185 e. The lowest BCUT2D eigenvalue weighted by atomic mass is 10.4. The number of furan rings is 1. The van der Waals surface area contributed by atoms with E-state index >= 15 is 0 Å². The molecule has 1 aromatic rings. The lowest BCUT2D eigenvalue weighted by Gasteiger charge is -1.94. The lowest BCUT2D eigenvalue weighted by Crippen LogP contribution is -1.68. The van der Waals surface area contributed by atoms with Crippen LogP contribution in [0.2, 0.25) is 0 Å². The van der Waals surface area contributed by atoms with Crippen molar-refractivity contribution in [2.75, 3.05) is 12.5 Å². The van der Waals surface area contributed by atoms with E-state index in [0.717, 1.165) is 12.0 Å². The topological polar surface area (TPSA) is 30.2 Å². The zero-order valence-electron chi connectivity index (χ0n) is 9.26. The van der Waals surface area contributed by atoms with E-state index in [9.17, 15) is 4.79 Å². The molecule has 1 aliphatic rings. The van der Waals surface area contributed by atoms with E-state index in [-0.39, 0.29) is 0 Å². The number of aldehydes is 1. The molecule has 2 nitrogen and oxygen atoms in total. The van der Waals surface area contributed by atoms with Gasteiger partial charge in [0.25, 0.3) is 0 Å². The normalized spacial score (nSPS) is 15.5. The van der Waals surface area contributed by atoms with Crippen molar-refractivity contribution in [2.24, 2.45) is 0 Å². The van der Waals surface area contributed by atoms with Crippen LogP contribution in [0.5, 0.6) is 0 Å². The molecule has 0 radical (unpaired) electrons. The van der Waals surface area contributed by atoms with Crippen LogP contribution < -0.4 is 0 Å². The van der Waals surface area contributed by atoms with Gasteiger partial charge in [0.05, 0.1) is 12.7 Å². The maximum Gasteiger partial charge on any atom is 0.185 e. The molecule has 6 heteroatoms. The molecule has 0 spiro atoms. The van der Waals surface area contributed by atoms with E-state index in [2.05, 4.69) is 12.5 Å². The van der Waals surface area contributed by atoms with E-state index in [4.69, 9.17) is 4.42 Å². The second-order valence-electron chi connectivity index (χ2n) is 3.01. The second-order valence-corrected chi connectivity index (χ2v) is 7.52. The number of rotatable bonds is 4. The number of hydrogen-bond donors (Lipinski definition) is 0. The zero-order chi connectivity index (χ0) is 12.3. The van der Waals surface area contributed by atoms with Crippen LogP contribution in [-0.4, -0.2) is 18.8 Å². The highest BCUT2D eigenvalue weighted by Crippen LogP contribution is 2.56. The molecular weight excluding hydrogens is 292 g/mol. The van der Waals surface area contributed by atoms with Crippen LogP contribution in [0.15, 0.2) is 29.3 Å². The molecule has 0 aromatic carbocycles. The van der Waals surface area contributed by atoms with E-state index in [1.165, 1.54) is 12.7 Å². The third-order valence-corrected chi connectivity index (χ3v) is 7.03. The number of carbonyl (C=O) groups excluding carboxylic acids is 1. The van der Waals surface area contributed by atoms with Crippen LogP contribution in [-0.2, 0) is 0 Å². The SMILES string of the molecule is CSC1=C(SC)SC(=Cc2ccc(C=O)o2)S1. The average Bonchev–Trinajstić information content (AvgIpc) is 2.95. The van der Waals surface area contributed by atoms with Crippen molar-refractivity contribution in [1.82, 2.24) is 0 Å². The van der Waals surface area contributed by atoms with E-state index < -0.39 is 0 Å². The van der Waals surface area contributed by atoms with Crippen LogP contribution in [0.1, 0.15) is 16.3 Å². The molecule has 0 aliphatic carbocycles. The number of hydrogen-bond acceptors (Lipinski definition) is 6. The van der Waals surface area contributed by atoms with Gasteiger partial charge in [-0.1, -0.05) is 23.5 Å². The molecule has 0 atom stereocenters. The summed E-state index contributed by atoms with van der Waals surface area (Å²) in [4.78, 5) is 10.5. The summed E-state index contributed by atoms with van der Waals surface area (Å²) in [5.74, 6) is 1.10. The molecule has 0 amide bonds. The summed E-state index contributed by atoms with van der Waals surface area (Å²) in [7, 11) is 0. The van der Waals surface area contributed by atoms with Gasteiger partial charge in [-0.2, -0.15) is 0 Å². The van der Waals surface area contributed by atoms with Crippen molar-refractivity contribution in [3.63, 3.8) is 0 Å². The van der Waals surface area contributed by atoms with Crippen molar-refractivity contribution in [1.29, 1.82) is 0 Å². The van der Waals surface area contributed by atoms with Crippen molar-refractivity contribution in [3.8, 4) is 0 Å². The summed E-state index contributed by atoms with van der Waals surface area (Å²) in [5.41, 5.74) is 0. The molecule has 0 fully saturated rings. The molecule has 0 bridgehead atoms. The molecule has 17 heavy (non-hydrogen) atoms. The fourth-order valence-corrected chi connectivity index (χ4v) is 6.13. The van der Waals surface area contributed by atoms with Crippen LogP contribution in [0.3, 0.4) is 0 Å². The first-order chi connectivity index (χ1) is 8.26. The van der Waals surface area contributed by atoms with Gasteiger partial charge in [-0.05, 0) is 24.6 Å². The predicted octanol–water partition coefficient (Wildman–Crippen LogP) is 4.72. The minimum absolute atomic E-state index is 0.369. The zero-order valence-corrected chi connectivity index (χ0v) is 12.5. The largest absolute Gasteiger partial charge is 0.454 e. The highest BCUT2D eigenvalue weighted by atomic mass is 32.3. The maximum absolute atomic E-state index is 10.5. The molecular formula is C11H10O2S4. The first-order valence-electron chi connectivity index (χ1n) is 4.71. The Bertz CT molecular complexity index is 469. The highest BCUT2D eigenvalue weighted by Gasteiger charge is 2.20. The Labute approximate surface area is 117 Å². The molecule has 2 rings (SSSR count). The van der Waals surface area contributed by atoms with E-state index in [1.807, 2.05) is 12.1 Å². The summed E-state index contributed by atoms with van der Waals surface area (Å²) in [6, 6.07) is 3.50. The fraction of sp³-hybridized carbons (Fsp3) is 0.182. The molecule has 2 heterocycles. The minimum Gasteiger partial charge on any atom is -0.454 e. The van der Waals surface area contributed by atoms with E-state index in [1.54, 1.807) is 53.1 Å². The van der Waals surface area contributed by atoms with Gasteiger partial charge >= 0.3 is 0 Å². The van der Waals surface area contributed by atoms with Gasteiger partial charge in [0, 0.05) is 6.08 Å². The summed E-state index contributed by atoms with van der Waals surface area (Å²) in [5, 5.41) is 0. The Morgan fingerprint density at radius 2 is 1.71 bits per heavy atom. The molecule has 90 valence electrons. The first kappa shape index (κ1) is 13.3. The average molecular weight is 302 g/mol. The van der Waals surface area contributed by atoms with Gasteiger partial charge in [-0.15, -0.1) is 23.5 Å². The Kier molecular flexibility index (Phi) is 4.78. The van der Waals surface area contributed by atoms with Crippen LogP contribution in [0.4, 0.5) is 0 Å². The monoisotopic (exact) mass is 302 g/mol. The van der Waals surface area contributed by atoms with Crippen molar-refractivity contribution in [3.05, 3.63) is 36.4 Å². The number of thioether (sulfide) groups is 4. The third kappa shape index (κ3) is 3.19.